The first-order valence-electron chi connectivity index (χ1n) is 4.04. The van der Waals surface area contributed by atoms with Crippen LogP contribution in [0.5, 0.6) is 0 Å². The number of benzene rings is 1. The highest BCUT2D eigenvalue weighted by molar-refractivity contribution is 6.32. The van der Waals surface area contributed by atoms with Gasteiger partial charge < -0.3 is 0 Å². The van der Waals surface area contributed by atoms with Gasteiger partial charge in [0.15, 0.2) is 0 Å². The molecule has 0 aliphatic carbocycles. The van der Waals surface area contributed by atoms with E-state index in [1.165, 1.54) is 24.3 Å². The highest BCUT2D eigenvalue weighted by Gasteiger charge is 2.08. The van der Waals surface area contributed by atoms with Crippen molar-refractivity contribution in [3.8, 4) is 12.1 Å². The Kier molecular flexibility index (Phi) is 3.60. The summed E-state index contributed by atoms with van der Waals surface area (Å²) in [6.45, 7) is 0. The lowest BCUT2D eigenvalue weighted by Crippen LogP contribution is -1.88. The molecule has 0 fully saturated rings. The van der Waals surface area contributed by atoms with Gasteiger partial charge in [0, 0.05) is 12.1 Å². The van der Waals surface area contributed by atoms with Crippen LogP contribution < -0.4 is 0 Å². The van der Waals surface area contributed by atoms with Gasteiger partial charge in [-0.2, -0.15) is 10.5 Å². The van der Waals surface area contributed by atoms with Crippen LogP contribution in [0, 0.1) is 32.8 Å². The third-order valence-electron chi connectivity index (χ3n) is 1.74. The molecule has 0 radical (unpaired) electrons. The maximum atomic E-state index is 10.4. The number of rotatable bonds is 2. The van der Waals surface area contributed by atoms with Crippen molar-refractivity contribution in [2.24, 2.45) is 0 Å². The minimum absolute atomic E-state index is 0.115. The van der Waals surface area contributed by atoms with Crippen LogP contribution in [0.4, 0.5) is 5.69 Å². The SMILES string of the molecule is N#CC(C#N)=Cc1ccc([N+](=O)[O-])cc1Cl. The number of non-ortho nitro benzene ring substituents is 1. The van der Waals surface area contributed by atoms with E-state index in [2.05, 4.69) is 0 Å². The Bertz CT molecular complexity index is 536. The first kappa shape index (κ1) is 11.7. The van der Waals surface area contributed by atoms with Crippen molar-refractivity contribution in [3.63, 3.8) is 0 Å². The van der Waals surface area contributed by atoms with Crippen molar-refractivity contribution in [3.05, 3.63) is 44.5 Å². The molecule has 0 aliphatic heterocycles. The standard InChI is InChI=1S/C10H4ClN3O2/c11-10-4-9(14(15)16)2-1-8(10)3-7(5-12)6-13/h1-4H. The zero-order valence-electron chi connectivity index (χ0n) is 7.85. The summed E-state index contributed by atoms with van der Waals surface area (Å²) >= 11 is 5.76. The molecular weight excluding hydrogens is 230 g/mol. The van der Waals surface area contributed by atoms with Gasteiger partial charge in [-0.1, -0.05) is 11.6 Å². The Morgan fingerprint density at radius 2 is 2.06 bits per heavy atom. The number of nitriles is 2. The molecule has 5 nitrogen and oxygen atoms in total. The second-order valence-electron chi connectivity index (χ2n) is 2.74. The van der Waals surface area contributed by atoms with Crippen LogP contribution in [-0.4, -0.2) is 4.92 Å². The van der Waals surface area contributed by atoms with Crippen molar-refractivity contribution < 1.29 is 4.92 Å². The number of halogens is 1. The van der Waals surface area contributed by atoms with Crippen molar-refractivity contribution >= 4 is 23.4 Å². The second-order valence-corrected chi connectivity index (χ2v) is 3.15. The molecule has 0 atom stereocenters. The van der Waals surface area contributed by atoms with Crippen LogP contribution in [-0.2, 0) is 0 Å². The maximum absolute atomic E-state index is 10.4. The van der Waals surface area contributed by atoms with Crippen molar-refractivity contribution in [2.45, 2.75) is 0 Å². The summed E-state index contributed by atoms with van der Waals surface area (Å²) in [5, 5.41) is 27.6. The molecule has 16 heavy (non-hydrogen) atoms. The number of allylic oxidation sites excluding steroid dienone is 1. The molecule has 0 saturated carbocycles. The zero-order valence-corrected chi connectivity index (χ0v) is 8.60. The molecule has 0 aliphatic rings. The van der Waals surface area contributed by atoms with Crippen molar-refractivity contribution in [2.75, 3.05) is 0 Å². The smallest absolute Gasteiger partial charge is 0.258 e. The molecule has 0 spiro atoms. The summed E-state index contributed by atoms with van der Waals surface area (Å²) in [5.41, 5.74) is 0.138. The predicted octanol–water partition coefficient (Wildman–Crippen LogP) is 2.68. The van der Waals surface area contributed by atoms with Crippen LogP contribution in [0.25, 0.3) is 6.08 Å². The average molecular weight is 234 g/mol. The van der Waals surface area contributed by atoms with Gasteiger partial charge >= 0.3 is 0 Å². The van der Waals surface area contributed by atoms with Gasteiger partial charge in [-0.3, -0.25) is 10.1 Å². The molecule has 0 saturated heterocycles. The van der Waals surface area contributed by atoms with Crippen LogP contribution >= 0.6 is 11.6 Å². The Morgan fingerprint density at radius 1 is 1.44 bits per heavy atom. The van der Waals surface area contributed by atoms with Gasteiger partial charge in [0.05, 0.1) is 9.95 Å². The third kappa shape index (κ3) is 2.57. The second kappa shape index (κ2) is 4.92. The van der Waals surface area contributed by atoms with E-state index in [4.69, 9.17) is 22.1 Å². The number of nitro groups is 1. The summed E-state index contributed by atoms with van der Waals surface area (Å²) in [5.74, 6) is 0. The summed E-state index contributed by atoms with van der Waals surface area (Å²) in [4.78, 5) is 9.85. The van der Waals surface area contributed by atoms with E-state index >= 15 is 0 Å². The lowest BCUT2D eigenvalue weighted by Gasteiger charge is -1.97. The Morgan fingerprint density at radius 3 is 2.50 bits per heavy atom. The fraction of sp³-hybridized carbons (Fsp3) is 0. The quantitative estimate of drug-likeness (QED) is 0.446. The van der Waals surface area contributed by atoms with Crippen LogP contribution in [0.15, 0.2) is 23.8 Å². The summed E-state index contributed by atoms with van der Waals surface area (Å²) in [6, 6.07) is 7.15. The Balaban J connectivity index is 3.21. The van der Waals surface area contributed by atoms with E-state index in [9.17, 15) is 10.1 Å². The molecule has 0 amide bonds. The molecule has 1 rings (SSSR count). The molecule has 0 heterocycles. The van der Waals surface area contributed by atoms with Crippen molar-refractivity contribution in [1.82, 2.24) is 0 Å². The van der Waals surface area contributed by atoms with Gasteiger partial charge in [0.2, 0.25) is 0 Å². The van der Waals surface area contributed by atoms with Gasteiger partial charge in [-0.05, 0) is 17.7 Å². The number of hydrogen-bond donors (Lipinski definition) is 0. The summed E-state index contributed by atoms with van der Waals surface area (Å²) in [7, 11) is 0. The first-order valence-corrected chi connectivity index (χ1v) is 4.42. The monoisotopic (exact) mass is 233 g/mol. The molecule has 0 unspecified atom stereocenters. The van der Waals surface area contributed by atoms with E-state index in [0.717, 1.165) is 0 Å². The lowest BCUT2D eigenvalue weighted by atomic mass is 10.1. The minimum Gasteiger partial charge on any atom is -0.258 e. The number of nitrogens with zero attached hydrogens (tertiary/aromatic N) is 3. The molecule has 78 valence electrons. The largest absolute Gasteiger partial charge is 0.270 e. The van der Waals surface area contributed by atoms with Crippen LogP contribution in [0.1, 0.15) is 5.56 Å². The van der Waals surface area contributed by atoms with Crippen LogP contribution in [0.3, 0.4) is 0 Å². The van der Waals surface area contributed by atoms with E-state index in [1.54, 1.807) is 12.1 Å². The minimum atomic E-state index is -0.575. The predicted molar refractivity (Wildman–Crippen MR) is 57.3 cm³/mol. The third-order valence-corrected chi connectivity index (χ3v) is 2.06. The Hall–Kier alpha value is -2.37. The van der Waals surface area contributed by atoms with Gasteiger partial charge in [0.25, 0.3) is 5.69 Å². The molecular formula is C10H4ClN3O2. The molecule has 6 heteroatoms. The summed E-state index contributed by atoms with van der Waals surface area (Å²) in [6.07, 6.45) is 1.27. The van der Waals surface area contributed by atoms with Gasteiger partial charge in [-0.15, -0.1) is 0 Å². The topological polar surface area (TPSA) is 90.7 Å². The van der Waals surface area contributed by atoms with Gasteiger partial charge in [-0.25, -0.2) is 0 Å². The molecule has 0 aromatic heterocycles. The van der Waals surface area contributed by atoms with E-state index < -0.39 is 4.92 Å². The highest BCUT2D eigenvalue weighted by Crippen LogP contribution is 2.24. The fourth-order valence-corrected chi connectivity index (χ4v) is 1.22. The number of nitro benzene ring substituents is 1. The van der Waals surface area contributed by atoms with Gasteiger partial charge in [0.1, 0.15) is 17.7 Å². The lowest BCUT2D eigenvalue weighted by molar-refractivity contribution is -0.384. The van der Waals surface area contributed by atoms with E-state index in [1.807, 2.05) is 0 Å². The van der Waals surface area contributed by atoms with Crippen molar-refractivity contribution in [1.29, 1.82) is 10.5 Å². The molecule has 0 bridgehead atoms. The normalized spacial score (nSPS) is 8.69. The fourth-order valence-electron chi connectivity index (χ4n) is 0.992. The zero-order chi connectivity index (χ0) is 12.1. The molecule has 1 aromatic carbocycles. The summed E-state index contributed by atoms with van der Waals surface area (Å²) < 4.78 is 0. The number of hydrogen-bond acceptors (Lipinski definition) is 4. The molecule has 1 aromatic rings. The average Bonchev–Trinajstić information content (AvgIpc) is 2.27. The Labute approximate surface area is 95.9 Å². The highest BCUT2D eigenvalue weighted by atomic mass is 35.5. The first-order chi connectivity index (χ1) is 7.58. The maximum Gasteiger partial charge on any atom is 0.270 e. The molecule has 0 N–H and O–H groups in total. The van der Waals surface area contributed by atoms with E-state index in [-0.39, 0.29) is 16.3 Å². The van der Waals surface area contributed by atoms with E-state index in [0.29, 0.717) is 5.56 Å². The van der Waals surface area contributed by atoms with Crippen LogP contribution in [0.2, 0.25) is 5.02 Å².